The number of imide groups is 1. The van der Waals surface area contributed by atoms with Crippen molar-refractivity contribution in [2.75, 3.05) is 32.9 Å². The van der Waals surface area contributed by atoms with Gasteiger partial charge in [-0.3, -0.25) is 24.2 Å². The quantitative estimate of drug-likeness (QED) is 0.312. The lowest BCUT2D eigenvalue weighted by atomic mass is 10.1. The molecule has 1 heterocycles. The number of hydrogen-bond acceptors (Lipinski definition) is 6. The Labute approximate surface area is 210 Å². The maximum Gasteiger partial charge on any atom is 0.263 e. The average molecular weight is 572 g/mol. The number of ether oxygens (including phenoxy) is 3. The molecule has 0 unspecified atom stereocenters. The zero-order valence-corrected chi connectivity index (χ0v) is 20.9. The van der Waals surface area contributed by atoms with Crippen LogP contribution in [0.4, 0.5) is 5.69 Å². The van der Waals surface area contributed by atoms with Crippen molar-refractivity contribution in [2.45, 2.75) is 0 Å². The van der Waals surface area contributed by atoms with E-state index in [9.17, 15) is 14.4 Å². The first kappa shape index (κ1) is 23.6. The molecule has 0 bridgehead atoms. The van der Waals surface area contributed by atoms with Crippen LogP contribution in [0.1, 0.15) is 31.1 Å². The van der Waals surface area contributed by atoms with Crippen LogP contribution in [0.2, 0.25) is 0 Å². The minimum atomic E-state index is -0.450. The lowest BCUT2D eigenvalue weighted by Crippen LogP contribution is -2.44. The first-order valence-corrected chi connectivity index (χ1v) is 11.3. The van der Waals surface area contributed by atoms with E-state index in [2.05, 4.69) is 22.6 Å². The Morgan fingerprint density at radius 3 is 1.85 bits per heavy atom. The highest BCUT2D eigenvalue weighted by Crippen LogP contribution is 2.39. The number of methoxy groups -OCH3 is 3. The molecule has 0 N–H and O–H groups in total. The Morgan fingerprint density at radius 2 is 1.38 bits per heavy atom. The van der Waals surface area contributed by atoms with Crippen molar-refractivity contribution in [3.63, 3.8) is 0 Å². The summed E-state index contributed by atoms with van der Waals surface area (Å²) in [6, 6.07) is 16.9. The number of benzene rings is 3. The largest absolute Gasteiger partial charge is 0.493 e. The number of nitrogens with zero attached hydrogens (tertiary/aromatic N) is 2. The van der Waals surface area contributed by atoms with E-state index in [1.165, 1.54) is 38.4 Å². The highest BCUT2D eigenvalue weighted by atomic mass is 127. The zero-order chi connectivity index (χ0) is 24.4. The topological polar surface area (TPSA) is 85.4 Å². The molecule has 0 fully saturated rings. The molecule has 9 heteroatoms. The third kappa shape index (κ3) is 4.18. The average Bonchev–Trinajstić information content (AvgIpc) is 3.11. The van der Waals surface area contributed by atoms with Crippen LogP contribution >= 0.6 is 22.6 Å². The Morgan fingerprint density at radius 1 is 0.853 bits per heavy atom. The van der Waals surface area contributed by atoms with Crippen molar-refractivity contribution >= 4 is 46.0 Å². The first-order valence-electron chi connectivity index (χ1n) is 10.2. The predicted octanol–water partition coefficient (Wildman–Crippen LogP) is 4.22. The number of anilines is 1. The summed E-state index contributed by atoms with van der Waals surface area (Å²) >= 11 is 2.16. The van der Waals surface area contributed by atoms with Crippen LogP contribution in [0.25, 0.3) is 0 Å². The molecule has 4 rings (SSSR count). The monoisotopic (exact) mass is 572 g/mol. The number of rotatable bonds is 7. The SMILES string of the molecule is COc1cc(C(=O)N(CN2C(=O)c3ccccc3C2=O)c2ccc(I)cc2)cc(OC)c1OC. The van der Waals surface area contributed by atoms with E-state index in [4.69, 9.17) is 14.2 Å². The van der Waals surface area contributed by atoms with Gasteiger partial charge in [0.1, 0.15) is 6.67 Å². The molecule has 3 aromatic carbocycles. The molecule has 0 atom stereocenters. The van der Waals surface area contributed by atoms with Crippen LogP contribution in [-0.2, 0) is 0 Å². The number of halogens is 1. The molecule has 3 amide bonds. The van der Waals surface area contributed by atoms with Gasteiger partial charge in [-0.05, 0) is 71.1 Å². The standard InChI is InChI=1S/C25H21IN2O6/c1-32-20-12-15(13-21(33-2)22(20)34-3)23(29)27(17-10-8-16(26)9-11-17)14-28-24(30)18-6-4-5-7-19(18)25(28)31/h4-13H,14H2,1-3H3. The summed E-state index contributed by atoms with van der Waals surface area (Å²) in [7, 11) is 4.39. The van der Waals surface area contributed by atoms with E-state index < -0.39 is 17.7 Å². The Bertz CT molecular complexity index is 1210. The van der Waals surface area contributed by atoms with Crippen LogP contribution in [-0.4, -0.2) is 50.6 Å². The molecule has 1 aliphatic heterocycles. The van der Waals surface area contributed by atoms with E-state index >= 15 is 0 Å². The third-order valence-corrected chi connectivity index (χ3v) is 6.18. The lowest BCUT2D eigenvalue weighted by molar-refractivity contribution is 0.0650. The van der Waals surface area contributed by atoms with Crippen LogP contribution in [0.15, 0.2) is 60.7 Å². The lowest BCUT2D eigenvalue weighted by Gasteiger charge is -2.27. The van der Waals surface area contributed by atoms with Crippen LogP contribution in [0.5, 0.6) is 17.2 Å². The summed E-state index contributed by atoms with van der Waals surface area (Å²) in [5, 5.41) is 0. The van der Waals surface area contributed by atoms with Gasteiger partial charge in [-0.15, -0.1) is 0 Å². The highest BCUT2D eigenvalue weighted by molar-refractivity contribution is 14.1. The highest BCUT2D eigenvalue weighted by Gasteiger charge is 2.37. The van der Waals surface area contributed by atoms with E-state index in [1.54, 1.807) is 36.4 Å². The van der Waals surface area contributed by atoms with Crippen LogP contribution in [0, 0.1) is 3.57 Å². The second-order valence-electron chi connectivity index (χ2n) is 7.35. The summed E-state index contributed by atoms with van der Waals surface area (Å²) in [5.74, 6) is -0.371. The van der Waals surface area contributed by atoms with E-state index in [0.29, 0.717) is 34.1 Å². The summed E-state index contributed by atoms with van der Waals surface area (Å²) < 4.78 is 17.1. The minimum Gasteiger partial charge on any atom is -0.493 e. The van der Waals surface area contributed by atoms with Gasteiger partial charge in [0.2, 0.25) is 5.75 Å². The molecule has 3 aromatic rings. The van der Waals surface area contributed by atoms with Crippen LogP contribution in [0.3, 0.4) is 0 Å². The smallest absolute Gasteiger partial charge is 0.263 e. The summed E-state index contributed by atoms with van der Waals surface area (Å²) in [5.41, 5.74) is 1.39. The van der Waals surface area contributed by atoms with E-state index in [0.717, 1.165) is 8.47 Å². The first-order chi connectivity index (χ1) is 16.4. The van der Waals surface area contributed by atoms with Crippen molar-refractivity contribution in [3.05, 3.63) is 80.9 Å². The van der Waals surface area contributed by atoms with Crippen molar-refractivity contribution in [1.82, 2.24) is 4.90 Å². The maximum absolute atomic E-state index is 13.8. The van der Waals surface area contributed by atoms with Crippen molar-refractivity contribution < 1.29 is 28.6 Å². The second kappa shape index (κ2) is 9.72. The molecule has 0 spiro atoms. The molecule has 0 saturated heterocycles. The molecule has 8 nitrogen and oxygen atoms in total. The number of carbonyl (C=O) groups excluding carboxylic acids is 3. The predicted molar refractivity (Wildman–Crippen MR) is 134 cm³/mol. The van der Waals surface area contributed by atoms with Gasteiger partial charge >= 0.3 is 0 Å². The normalized spacial score (nSPS) is 12.4. The molecule has 0 aliphatic carbocycles. The number of hydrogen-bond donors (Lipinski definition) is 0. The van der Waals surface area contributed by atoms with Crippen molar-refractivity contribution in [1.29, 1.82) is 0 Å². The summed E-state index contributed by atoms with van der Waals surface area (Å²) in [6.07, 6.45) is 0. The molecule has 1 aliphatic rings. The number of amides is 3. The molecule has 0 radical (unpaired) electrons. The fraction of sp³-hybridized carbons (Fsp3) is 0.160. The fourth-order valence-corrected chi connectivity index (χ4v) is 4.11. The Kier molecular flexibility index (Phi) is 6.73. The van der Waals surface area contributed by atoms with Gasteiger partial charge < -0.3 is 14.2 Å². The fourth-order valence-electron chi connectivity index (χ4n) is 3.75. The Balaban J connectivity index is 1.76. The van der Waals surface area contributed by atoms with E-state index in [-0.39, 0.29) is 12.2 Å². The van der Waals surface area contributed by atoms with Gasteiger partial charge in [-0.25, -0.2) is 0 Å². The zero-order valence-electron chi connectivity index (χ0n) is 18.7. The Hall–Kier alpha value is -3.60. The molecule has 0 saturated carbocycles. The summed E-state index contributed by atoms with van der Waals surface area (Å²) in [4.78, 5) is 42.2. The third-order valence-electron chi connectivity index (χ3n) is 5.46. The summed E-state index contributed by atoms with van der Waals surface area (Å²) in [6.45, 7) is -0.261. The minimum absolute atomic E-state index is 0.240. The van der Waals surface area contributed by atoms with Gasteiger partial charge in [-0.1, -0.05) is 12.1 Å². The van der Waals surface area contributed by atoms with Gasteiger partial charge in [-0.2, -0.15) is 0 Å². The van der Waals surface area contributed by atoms with E-state index in [1.807, 2.05) is 12.1 Å². The molecular formula is C25H21IN2O6. The second-order valence-corrected chi connectivity index (χ2v) is 8.59. The molecular weight excluding hydrogens is 551 g/mol. The number of carbonyl (C=O) groups is 3. The van der Waals surface area contributed by atoms with Gasteiger partial charge in [0.15, 0.2) is 11.5 Å². The molecule has 34 heavy (non-hydrogen) atoms. The maximum atomic E-state index is 13.8. The van der Waals surface area contributed by atoms with Crippen molar-refractivity contribution in [2.24, 2.45) is 0 Å². The molecule has 0 aromatic heterocycles. The van der Waals surface area contributed by atoms with Crippen molar-refractivity contribution in [3.8, 4) is 17.2 Å². The number of fused-ring (bicyclic) bond motifs is 1. The van der Waals surface area contributed by atoms with Gasteiger partial charge in [0.25, 0.3) is 17.7 Å². The van der Waals surface area contributed by atoms with Crippen LogP contribution < -0.4 is 19.1 Å². The van der Waals surface area contributed by atoms with Gasteiger partial charge in [0.05, 0.1) is 32.5 Å². The van der Waals surface area contributed by atoms with Gasteiger partial charge in [0, 0.05) is 14.8 Å². The molecule has 174 valence electrons.